The average Bonchev–Trinajstić information content (AvgIpc) is 2.82. The number of aryl methyl sites for hydroxylation is 1. The second kappa shape index (κ2) is 11.0. The Morgan fingerprint density at radius 2 is 1.62 bits per heavy atom. The van der Waals surface area contributed by atoms with E-state index in [9.17, 15) is 14.6 Å². The molecule has 0 amide bonds. The quantitative estimate of drug-likeness (QED) is 0.509. The number of rotatable bonds is 9. The molecule has 1 aliphatic heterocycles. The Labute approximate surface area is 149 Å². The maximum Gasteiger partial charge on any atom is 0.123 e. The van der Waals surface area contributed by atoms with Gasteiger partial charge in [-0.1, -0.05) is 37.8 Å². The topological polar surface area (TPSA) is 72.7 Å². The molecule has 24 heavy (non-hydrogen) atoms. The van der Waals surface area contributed by atoms with E-state index in [-0.39, 0.29) is 30.9 Å². The second-order valence-corrected chi connectivity index (χ2v) is 6.48. The highest BCUT2D eigenvalue weighted by molar-refractivity contribution is 5.85. The Morgan fingerprint density at radius 3 is 2.29 bits per heavy atom. The van der Waals surface area contributed by atoms with E-state index in [0.717, 1.165) is 50.5 Å². The second-order valence-electron chi connectivity index (χ2n) is 6.48. The Kier molecular flexibility index (Phi) is 9.78. The lowest BCUT2D eigenvalue weighted by Gasteiger charge is -2.15. The highest BCUT2D eigenvalue weighted by atomic mass is 35.5. The molecular weight excluding hydrogens is 333 g/mol. The van der Waals surface area contributed by atoms with Crippen molar-refractivity contribution < 1.29 is 19.7 Å². The molecule has 0 radical (unpaired) electrons. The highest BCUT2D eigenvalue weighted by Gasteiger charge is 2.39. The summed E-state index contributed by atoms with van der Waals surface area (Å²) in [4.78, 5) is 0. The molecule has 0 aliphatic carbocycles. The van der Waals surface area contributed by atoms with Crippen LogP contribution >= 0.6 is 12.4 Å². The molecule has 0 aromatic heterocycles. The number of nitrogens with one attached hydrogen (secondary N) is 1. The van der Waals surface area contributed by atoms with Gasteiger partial charge >= 0.3 is 0 Å². The largest absolute Gasteiger partial charge is 0.395 e. The van der Waals surface area contributed by atoms with E-state index in [1.165, 1.54) is 6.07 Å². The van der Waals surface area contributed by atoms with E-state index in [1.807, 2.05) is 6.07 Å². The van der Waals surface area contributed by atoms with E-state index in [4.69, 9.17) is 5.11 Å². The molecule has 0 unspecified atom stereocenters. The van der Waals surface area contributed by atoms with Gasteiger partial charge in [0.05, 0.1) is 24.9 Å². The van der Waals surface area contributed by atoms with E-state index < -0.39 is 18.2 Å². The molecule has 4 nitrogen and oxygen atoms in total. The van der Waals surface area contributed by atoms with Crippen molar-refractivity contribution in [2.75, 3.05) is 6.61 Å². The molecule has 1 aromatic rings. The van der Waals surface area contributed by atoms with Gasteiger partial charge in [-0.2, -0.15) is 0 Å². The lowest BCUT2D eigenvalue weighted by atomic mass is 10.0. The third kappa shape index (κ3) is 6.30. The van der Waals surface area contributed by atoms with Crippen LogP contribution in [0.15, 0.2) is 24.3 Å². The van der Waals surface area contributed by atoms with Crippen molar-refractivity contribution in [3.05, 3.63) is 35.6 Å². The van der Waals surface area contributed by atoms with Gasteiger partial charge in [-0.3, -0.25) is 0 Å². The zero-order valence-corrected chi connectivity index (χ0v) is 14.7. The molecular formula is C18H29ClFNO3. The zero-order chi connectivity index (χ0) is 16.7. The first-order valence-corrected chi connectivity index (χ1v) is 8.59. The third-order valence-corrected chi connectivity index (χ3v) is 4.67. The molecule has 0 bridgehead atoms. The van der Waals surface area contributed by atoms with Gasteiger partial charge in [0, 0.05) is 6.04 Å². The van der Waals surface area contributed by atoms with E-state index in [2.05, 4.69) is 5.32 Å². The van der Waals surface area contributed by atoms with E-state index >= 15 is 0 Å². The van der Waals surface area contributed by atoms with Crippen molar-refractivity contribution >= 4 is 12.4 Å². The smallest absolute Gasteiger partial charge is 0.123 e. The molecule has 0 saturated carbocycles. The van der Waals surface area contributed by atoms with Gasteiger partial charge < -0.3 is 20.6 Å². The van der Waals surface area contributed by atoms with Crippen LogP contribution in [0, 0.1) is 5.82 Å². The van der Waals surface area contributed by atoms with Crippen LogP contribution in [-0.4, -0.2) is 46.2 Å². The molecule has 1 aliphatic rings. The number of halogens is 2. The molecule has 2 rings (SSSR count). The fourth-order valence-electron chi connectivity index (χ4n) is 3.28. The number of hydrogen-bond donors (Lipinski definition) is 4. The number of aliphatic hydroxyl groups excluding tert-OH is 3. The molecule has 1 saturated heterocycles. The summed E-state index contributed by atoms with van der Waals surface area (Å²) < 4.78 is 13.0. The number of unbranched alkanes of at least 4 members (excludes halogenated alkanes) is 4. The summed E-state index contributed by atoms with van der Waals surface area (Å²) in [6.45, 7) is -0.158. The number of hydrogen-bond acceptors (Lipinski definition) is 4. The van der Waals surface area contributed by atoms with Gasteiger partial charge in [0.2, 0.25) is 0 Å². The Morgan fingerprint density at radius 1 is 0.958 bits per heavy atom. The minimum absolute atomic E-state index is 0. The van der Waals surface area contributed by atoms with Gasteiger partial charge in [-0.25, -0.2) is 4.39 Å². The highest BCUT2D eigenvalue weighted by Crippen LogP contribution is 2.19. The SMILES string of the molecule is Cl.OC[C@H]1N[C@H](CCCCCCCc2cccc(F)c2)[C@@H](O)[C@@H]1O. The maximum absolute atomic E-state index is 13.0. The minimum Gasteiger partial charge on any atom is -0.395 e. The van der Waals surface area contributed by atoms with Gasteiger partial charge in [0.15, 0.2) is 0 Å². The molecule has 138 valence electrons. The van der Waals surface area contributed by atoms with Gasteiger partial charge in [-0.15, -0.1) is 12.4 Å². The van der Waals surface area contributed by atoms with Crippen molar-refractivity contribution in [1.29, 1.82) is 0 Å². The summed E-state index contributed by atoms with van der Waals surface area (Å²) in [6.07, 6.45) is 5.38. The lowest BCUT2D eigenvalue weighted by molar-refractivity contribution is 0.0186. The van der Waals surface area contributed by atoms with Crippen LogP contribution in [0.1, 0.15) is 44.1 Å². The van der Waals surface area contributed by atoms with Crippen molar-refractivity contribution in [2.24, 2.45) is 0 Å². The predicted molar refractivity (Wildman–Crippen MR) is 94.9 cm³/mol. The Hall–Kier alpha value is -0.720. The Bertz CT molecular complexity index is 477. The average molecular weight is 362 g/mol. The lowest BCUT2D eigenvalue weighted by Crippen LogP contribution is -2.36. The van der Waals surface area contributed by atoms with Crippen molar-refractivity contribution in [3.63, 3.8) is 0 Å². The predicted octanol–water partition coefficient (Wildman–Crippen LogP) is 2.19. The monoisotopic (exact) mass is 361 g/mol. The third-order valence-electron chi connectivity index (χ3n) is 4.67. The van der Waals surface area contributed by atoms with E-state index in [0.29, 0.717) is 0 Å². The van der Waals surface area contributed by atoms with Crippen LogP contribution in [0.2, 0.25) is 0 Å². The van der Waals surface area contributed by atoms with Crippen molar-refractivity contribution in [2.45, 2.75) is 69.2 Å². The first-order valence-electron chi connectivity index (χ1n) is 8.59. The molecule has 4 atom stereocenters. The van der Waals surface area contributed by atoms with Crippen LogP contribution < -0.4 is 5.32 Å². The summed E-state index contributed by atoms with van der Waals surface area (Å²) >= 11 is 0. The summed E-state index contributed by atoms with van der Waals surface area (Å²) in [7, 11) is 0. The van der Waals surface area contributed by atoms with Gasteiger partial charge in [0.25, 0.3) is 0 Å². The van der Waals surface area contributed by atoms with Gasteiger partial charge in [0.1, 0.15) is 5.82 Å². The summed E-state index contributed by atoms with van der Waals surface area (Å²) in [5, 5.41) is 31.8. The van der Waals surface area contributed by atoms with Gasteiger partial charge in [-0.05, 0) is 37.0 Å². The fraction of sp³-hybridized carbons (Fsp3) is 0.667. The molecule has 4 N–H and O–H groups in total. The molecule has 1 aromatic carbocycles. The molecule has 1 heterocycles. The normalized spacial score (nSPS) is 26.3. The fourth-order valence-corrected chi connectivity index (χ4v) is 3.28. The van der Waals surface area contributed by atoms with E-state index in [1.54, 1.807) is 12.1 Å². The standard InChI is InChI=1S/C18H28FNO3.ClH/c19-14-9-6-8-13(11-14)7-4-2-1-3-5-10-15-17(22)18(23)16(12-21)20-15;/h6,8-9,11,15-18,20-23H,1-5,7,10,12H2;1H/t15-,16-,17-,18-;/m1./s1. The Balaban J connectivity index is 0.00000288. The summed E-state index contributed by atoms with van der Waals surface area (Å²) in [5.74, 6) is -0.173. The zero-order valence-electron chi connectivity index (χ0n) is 13.9. The van der Waals surface area contributed by atoms with Crippen LogP contribution in [0.3, 0.4) is 0 Å². The van der Waals surface area contributed by atoms with Crippen LogP contribution in [-0.2, 0) is 6.42 Å². The first kappa shape index (κ1) is 21.3. The van der Waals surface area contributed by atoms with Crippen molar-refractivity contribution in [3.8, 4) is 0 Å². The molecule has 1 fully saturated rings. The molecule has 0 spiro atoms. The number of aliphatic hydroxyl groups is 3. The first-order chi connectivity index (χ1) is 11.1. The number of benzene rings is 1. The van der Waals surface area contributed by atoms with Crippen LogP contribution in [0.25, 0.3) is 0 Å². The van der Waals surface area contributed by atoms with Crippen LogP contribution in [0.5, 0.6) is 0 Å². The summed E-state index contributed by atoms with van der Waals surface area (Å²) in [6, 6.07) is 6.22. The molecule has 6 heteroatoms. The maximum atomic E-state index is 13.0. The minimum atomic E-state index is -0.878. The van der Waals surface area contributed by atoms with Crippen LogP contribution in [0.4, 0.5) is 4.39 Å². The van der Waals surface area contributed by atoms with Crippen molar-refractivity contribution in [1.82, 2.24) is 5.32 Å². The summed E-state index contributed by atoms with van der Waals surface area (Å²) in [5.41, 5.74) is 1.05.